The van der Waals surface area contributed by atoms with Crippen LogP contribution in [-0.4, -0.2) is 43.9 Å². The van der Waals surface area contributed by atoms with Crippen molar-refractivity contribution in [2.24, 2.45) is 0 Å². The second-order valence-corrected chi connectivity index (χ2v) is 7.64. The van der Waals surface area contributed by atoms with Crippen LogP contribution in [0.3, 0.4) is 0 Å². The van der Waals surface area contributed by atoms with E-state index in [1.54, 1.807) is 23.9 Å². The summed E-state index contributed by atoms with van der Waals surface area (Å²) in [6, 6.07) is 4.76. The Kier molecular flexibility index (Phi) is 5.17. The summed E-state index contributed by atoms with van der Waals surface area (Å²) in [5.41, 5.74) is 6.17. The summed E-state index contributed by atoms with van der Waals surface area (Å²) in [4.78, 5) is 0.172. The van der Waals surface area contributed by atoms with Gasteiger partial charge in [0.15, 0.2) is 0 Å². The topological polar surface area (TPSA) is 72.6 Å². The van der Waals surface area contributed by atoms with Crippen molar-refractivity contribution in [1.82, 2.24) is 4.31 Å². The Labute approximate surface area is 124 Å². The van der Waals surface area contributed by atoms with Gasteiger partial charge >= 0.3 is 0 Å². The number of sulfonamides is 1. The summed E-state index contributed by atoms with van der Waals surface area (Å²) >= 11 is 1.79. The molecule has 1 aromatic rings. The molecule has 0 aromatic heterocycles. The number of benzene rings is 1. The third-order valence-corrected chi connectivity index (χ3v) is 6.04. The van der Waals surface area contributed by atoms with E-state index < -0.39 is 10.0 Å². The van der Waals surface area contributed by atoms with E-state index in [2.05, 4.69) is 0 Å². The maximum Gasteiger partial charge on any atom is 0.246 e. The number of anilines is 1. The standard InChI is InChI=1S/C13H20N2O3S2/c1-2-18-12-5-4-11(14)10-13(12)20(16,17)15-6-3-8-19-9-7-15/h4-5,10H,2-3,6-9,14H2,1H3. The van der Waals surface area contributed by atoms with Crippen molar-refractivity contribution < 1.29 is 13.2 Å². The maximum atomic E-state index is 12.8. The van der Waals surface area contributed by atoms with E-state index in [1.165, 1.54) is 10.4 Å². The SMILES string of the molecule is CCOc1ccc(N)cc1S(=O)(=O)N1CCCSCC1. The van der Waals surface area contributed by atoms with Gasteiger partial charge in [-0.05, 0) is 37.3 Å². The fraction of sp³-hybridized carbons (Fsp3) is 0.538. The number of nitrogens with zero attached hydrogens (tertiary/aromatic N) is 1. The smallest absolute Gasteiger partial charge is 0.246 e. The van der Waals surface area contributed by atoms with Crippen LogP contribution in [0.4, 0.5) is 5.69 Å². The van der Waals surface area contributed by atoms with Gasteiger partial charge in [0.1, 0.15) is 10.6 Å². The molecule has 1 heterocycles. The molecule has 0 unspecified atom stereocenters. The third kappa shape index (κ3) is 3.39. The second-order valence-electron chi connectivity index (χ2n) is 4.51. The number of thioether (sulfide) groups is 1. The quantitative estimate of drug-likeness (QED) is 0.858. The first-order valence-corrected chi connectivity index (χ1v) is 9.25. The highest BCUT2D eigenvalue weighted by Gasteiger charge is 2.28. The molecule has 0 spiro atoms. The van der Waals surface area contributed by atoms with Crippen LogP contribution in [0.1, 0.15) is 13.3 Å². The average Bonchev–Trinajstić information content (AvgIpc) is 2.70. The molecule has 0 saturated carbocycles. The van der Waals surface area contributed by atoms with Crippen LogP contribution in [0.2, 0.25) is 0 Å². The van der Waals surface area contributed by atoms with E-state index in [9.17, 15) is 8.42 Å². The lowest BCUT2D eigenvalue weighted by Crippen LogP contribution is -2.33. The minimum Gasteiger partial charge on any atom is -0.492 e. The molecular weight excluding hydrogens is 296 g/mol. The Morgan fingerprint density at radius 1 is 1.35 bits per heavy atom. The molecule has 2 N–H and O–H groups in total. The molecule has 112 valence electrons. The zero-order valence-electron chi connectivity index (χ0n) is 11.5. The van der Waals surface area contributed by atoms with Gasteiger partial charge in [0.25, 0.3) is 0 Å². The summed E-state index contributed by atoms with van der Waals surface area (Å²) in [5, 5.41) is 0. The Hall–Kier alpha value is -0.920. The van der Waals surface area contributed by atoms with Crippen LogP contribution in [0.15, 0.2) is 23.1 Å². The molecule has 1 fully saturated rings. The van der Waals surface area contributed by atoms with Crippen molar-refractivity contribution in [3.8, 4) is 5.75 Å². The predicted octanol–water partition coefficient (Wildman–Crippen LogP) is 1.80. The van der Waals surface area contributed by atoms with Crippen LogP contribution in [0.25, 0.3) is 0 Å². The monoisotopic (exact) mass is 316 g/mol. The zero-order chi connectivity index (χ0) is 14.6. The molecule has 0 amide bonds. The molecule has 1 saturated heterocycles. The lowest BCUT2D eigenvalue weighted by atomic mass is 10.3. The van der Waals surface area contributed by atoms with Gasteiger partial charge in [-0.2, -0.15) is 16.1 Å². The fourth-order valence-electron chi connectivity index (χ4n) is 2.10. The number of hydrogen-bond donors (Lipinski definition) is 1. The largest absolute Gasteiger partial charge is 0.492 e. The molecule has 5 nitrogen and oxygen atoms in total. The number of nitrogens with two attached hydrogens (primary N) is 1. The van der Waals surface area contributed by atoms with E-state index in [-0.39, 0.29) is 4.90 Å². The summed E-state index contributed by atoms with van der Waals surface area (Å²) in [7, 11) is -3.55. The van der Waals surface area contributed by atoms with Crippen LogP contribution in [0, 0.1) is 0 Å². The van der Waals surface area contributed by atoms with Crippen LogP contribution in [-0.2, 0) is 10.0 Å². The Bertz CT molecular complexity index is 553. The van der Waals surface area contributed by atoms with Crippen molar-refractivity contribution in [3.63, 3.8) is 0 Å². The van der Waals surface area contributed by atoms with Gasteiger partial charge in [0.05, 0.1) is 6.61 Å². The molecule has 0 radical (unpaired) electrons. The number of nitrogen functional groups attached to an aromatic ring is 1. The minimum absolute atomic E-state index is 0.172. The number of ether oxygens (including phenoxy) is 1. The van der Waals surface area contributed by atoms with E-state index >= 15 is 0 Å². The zero-order valence-corrected chi connectivity index (χ0v) is 13.2. The van der Waals surface area contributed by atoms with Gasteiger partial charge in [-0.25, -0.2) is 8.42 Å². The summed E-state index contributed by atoms with van der Waals surface area (Å²) < 4.78 is 32.5. The molecular formula is C13H20N2O3S2. The highest BCUT2D eigenvalue weighted by atomic mass is 32.2. The highest BCUT2D eigenvalue weighted by molar-refractivity contribution is 7.99. The number of hydrogen-bond acceptors (Lipinski definition) is 5. The molecule has 7 heteroatoms. The van der Waals surface area contributed by atoms with E-state index in [0.717, 1.165) is 17.9 Å². The molecule has 20 heavy (non-hydrogen) atoms. The van der Waals surface area contributed by atoms with E-state index in [0.29, 0.717) is 31.1 Å². The Morgan fingerprint density at radius 2 is 2.15 bits per heavy atom. The summed E-state index contributed by atoms with van der Waals surface area (Å²) in [6.45, 7) is 3.33. The van der Waals surface area contributed by atoms with Crippen LogP contribution >= 0.6 is 11.8 Å². The van der Waals surface area contributed by atoms with Gasteiger partial charge in [0, 0.05) is 24.5 Å². The Balaban J connectivity index is 2.39. The van der Waals surface area contributed by atoms with E-state index in [4.69, 9.17) is 10.5 Å². The lowest BCUT2D eigenvalue weighted by Gasteiger charge is -2.21. The molecule has 2 rings (SSSR count). The Morgan fingerprint density at radius 3 is 2.90 bits per heavy atom. The van der Waals surface area contributed by atoms with Gasteiger partial charge in [0.2, 0.25) is 10.0 Å². The van der Waals surface area contributed by atoms with E-state index in [1.807, 2.05) is 6.92 Å². The fourth-order valence-corrected chi connectivity index (χ4v) is 4.75. The minimum atomic E-state index is -3.55. The van der Waals surface area contributed by atoms with Crippen molar-refractivity contribution in [2.75, 3.05) is 36.9 Å². The van der Waals surface area contributed by atoms with Gasteiger partial charge < -0.3 is 10.5 Å². The first-order valence-electron chi connectivity index (χ1n) is 6.66. The molecule has 0 aliphatic carbocycles. The molecule has 0 atom stereocenters. The van der Waals surface area contributed by atoms with Crippen molar-refractivity contribution in [3.05, 3.63) is 18.2 Å². The third-order valence-electron chi connectivity index (χ3n) is 3.07. The van der Waals surface area contributed by atoms with Crippen molar-refractivity contribution in [2.45, 2.75) is 18.2 Å². The number of rotatable bonds is 4. The molecule has 1 aromatic carbocycles. The van der Waals surface area contributed by atoms with Gasteiger partial charge in [-0.3, -0.25) is 0 Å². The molecule has 1 aliphatic heterocycles. The summed E-state index contributed by atoms with van der Waals surface area (Å²) in [5.74, 6) is 2.20. The first-order chi connectivity index (χ1) is 9.55. The van der Waals surface area contributed by atoms with Gasteiger partial charge in [-0.1, -0.05) is 0 Å². The van der Waals surface area contributed by atoms with Crippen LogP contribution in [0.5, 0.6) is 5.75 Å². The first kappa shape index (κ1) is 15.5. The van der Waals surface area contributed by atoms with Gasteiger partial charge in [-0.15, -0.1) is 0 Å². The predicted molar refractivity (Wildman–Crippen MR) is 82.7 cm³/mol. The summed E-state index contributed by atoms with van der Waals surface area (Å²) in [6.07, 6.45) is 0.871. The maximum absolute atomic E-state index is 12.8. The van der Waals surface area contributed by atoms with Crippen molar-refractivity contribution in [1.29, 1.82) is 0 Å². The van der Waals surface area contributed by atoms with Crippen molar-refractivity contribution >= 4 is 27.5 Å². The molecule has 0 bridgehead atoms. The van der Waals surface area contributed by atoms with Crippen LogP contribution < -0.4 is 10.5 Å². The average molecular weight is 316 g/mol. The highest BCUT2D eigenvalue weighted by Crippen LogP contribution is 2.30. The lowest BCUT2D eigenvalue weighted by molar-refractivity contribution is 0.329. The second kappa shape index (κ2) is 6.69. The normalized spacial score (nSPS) is 17.6. The molecule has 1 aliphatic rings.